The Bertz CT molecular complexity index is 1190. The molecule has 10 nitrogen and oxygen atoms in total. The van der Waals surface area contributed by atoms with Gasteiger partial charge in [0, 0.05) is 18.8 Å². The van der Waals surface area contributed by atoms with Gasteiger partial charge < -0.3 is 14.6 Å². The van der Waals surface area contributed by atoms with Gasteiger partial charge in [0.1, 0.15) is 6.54 Å². The van der Waals surface area contributed by atoms with Crippen molar-refractivity contribution >= 4 is 34.3 Å². The minimum Gasteiger partial charge on any atom is -0.407 e. The minimum absolute atomic E-state index is 0.0115. The molecule has 0 unspecified atom stereocenters. The summed E-state index contributed by atoms with van der Waals surface area (Å²) in [6.45, 7) is 3.18. The lowest BCUT2D eigenvalue weighted by atomic mass is 10.1. The monoisotopic (exact) mass is 412 g/mol. The smallest absolute Gasteiger partial charge is 0.407 e. The van der Waals surface area contributed by atoms with Crippen LogP contribution in [-0.2, 0) is 16.1 Å². The number of carbonyl (C=O) groups excluding carboxylic acids is 2. The van der Waals surface area contributed by atoms with E-state index in [0.29, 0.717) is 5.69 Å². The number of nitrogens with zero attached hydrogens (tertiary/aromatic N) is 3. The van der Waals surface area contributed by atoms with Gasteiger partial charge in [-0.05, 0) is 31.0 Å². The normalized spacial score (nSPS) is 10.8. The van der Waals surface area contributed by atoms with Crippen LogP contribution in [0, 0.1) is 24.0 Å². The molecule has 1 heterocycles. The number of nitrogens with one attached hydrogen (secondary N) is 1. The summed E-state index contributed by atoms with van der Waals surface area (Å²) in [5.74, 6) is -1.68. The Labute approximate surface area is 170 Å². The summed E-state index contributed by atoms with van der Waals surface area (Å²) in [6.07, 6.45) is 0. The van der Waals surface area contributed by atoms with Gasteiger partial charge in [0.05, 0.1) is 23.1 Å². The number of rotatable bonds is 6. The molecule has 0 saturated heterocycles. The number of hydrogen-bond acceptors (Lipinski definition) is 6. The second-order valence-corrected chi connectivity index (χ2v) is 6.93. The molecule has 0 aliphatic carbocycles. The van der Waals surface area contributed by atoms with E-state index >= 15 is 0 Å². The lowest BCUT2D eigenvalue weighted by Crippen LogP contribution is -2.38. The largest absolute Gasteiger partial charge is 0.420 e. The summed E-state index contributed by atoms with van der Waals surface area (Å²) >= 11 is 0. The van der Waals surface area contributed by atoms with Crippen molar-refractivity contribution in [2.24, 2.45) is 0 Å². The molecule has 30 heavy (non-hydrogen) atoms. The number of oxazole rings is 1. The predicted molar refractivity (Wildman–Crippen MR) is 109 cm³/mol. The lowest BCUT2D eigenvalue weighted by Gasteiger charge is -2.18. The van der Waals surface area contributed by atoms with Crippen molar-refractivity contribution in [2.75, 3.05) is 18.9 Å². The highest BCUT2D eigenvalue weighted by Crippen LogP contribution is 2.21. The van der Waals surface area contributed by atoms with Crippen LogP contribution in [0.1, 0.15) is 11.1 Å². The molecule has 0 aliphatic heterocycles. The maximum absolute atomic E-state index is 12.5. The van der Waals surface area contributed by atoms with Crippen LogP contribution in [-0.4, -0.2) is 39.8 Å². The molecule has 0 aliphatic rings. The van der Waals surface area contributed by atoms with Crippen LogP contribution < -0.4 is 11.1 Å². The number of likely N-dealkylation sites (N-methyl/N-ethyl adjacent to an activating group) is 1. The molecule has 0 atom stereocenters. The molecule has 0 saturated carbocycles. The van der Waals surface area contributed by atoms with Crippen molar-refractivity contribution in [3.63, 3.8) is 0 Å². The van der Waals surface area contributed by atoms with Gasteiger partial charge in [0.15, 0.2) is 5.58 Å². The number of nitro groups is 1. The van der Waals surface area contributed by atoms with Crippen molar-refractivity contribution < 1.29 is 18.9 Å². The van der Waals surface area contributed by atoms with E-state index < -0.39 is 16.6 Å². The zero-order valence-electron chi connectivity index (χ0n) is 16.7. The Morgan fingerprint density at radius 2 is 1.87 bits per heavy atom. The summed E-state index contributed by atoms with van der Waals surface area (Å²) in [5.41, 5.74) is 2.55. The van der Waals surface area contributed by atoms with Crippen LogP contribution in [0.25, 0.3) is 11.1 Å². The highest BCUT2D eigenvalue weighted by molar-refractivity contribution is 5.95. The molecule has 2 aromatic carbocycles. The van der Waals surface area contributed by atoms with Gasteiger partial charge in [0.25, 0.3) is 5.69 Å². The lowest BCUT2D eigenvalue weighted by molar-refractivity contribution is -0.384. The standard InChI is InChI=1S/C20H20N4O6/c1-12-5-4-6-13(2)19(12)21-17(25)10-22(3)18(26)11-23-15-8-7-14(24(28)29)9-16(15)30-20(23)27/h4-9H,10-11H2,1-3H3,(H,21,25). The molecule has 1 N–H and O–H groups in total. The van der Waals surface area contributed by atoms with Gasteiger partial charge in [-0.15, -0.1) is 0 Å². The minimum atomic E-state index is -0.813. The first-order chi connectivity index (χ1) is 14.2. The van der Waals surface area contributed by atoms with E-state index in [1.54, 1.807) is 0 Å². The van der Waals surface area contributed by atoms with E-state index in [0.717, 1.165) is 21.8 Å². The number of para-hydroxylation sites is 1. The van der Waals surface area contributed by atoms with E-state index in [2.05, 4.69) is 5.32 Å². The van der Waals surface area contributed by atoms with Crippen molar-refractivity contribution in [3.05, 3.63) is 68.2 Å². The average Bonchev–Trinajstić information content (AvgIpc) is 2.99. The SMILES string of the molecule is Cc1cccc(C)c1NC(=O)CN(C)C(=O)Cn1c(=O)oc2cc([N+](=O)[O-])ccc21. The number of amides is 2. The predicted octanol–water partition coefficient (Wildman–Crippen LogP) is 2.22. The van der Waals surface area contributed by atoms with Gasteiger partial charge in [0.2, 0.25) is 11.8 Å². The molecule has 156 valence electrons. The van der Waals surface area contributed by atoms with E-state index in [4.69, 9.17) is 4.42 Å². The number of fused-ring (bicyclic) bond motifs is 1. The quantitative estimate of drug-likeness (QED) is 0.488. The summed E-state index contributed by atoms with van der Waals surface area (Å²) < 4.78 is 6.08. The Kier molecular flexibility index (Phi) is 5.67. The maximum atomic E-state index is 12.5. The number of aromatic nitrogens is 1. The Balaban J connectivity index is 1.71. The molecule has 3 rings (SSSR count). The number of aryl methyl sites for hydroxylation is 2. The number of anilines is 1. The first kappa shape index (κ1) is 20.8. The van der Waals surface area contributed by atoms with Crippen LogP contribution in [0.15, 0.2) is 45.6 Å². The third kappa shape index (κ3) is 4.22. The fraction of sp³-hybridized carbons (Fsp3) is 0.250. The van der Waals surface area contributed by atoms with Gasteiger partial charge in [-0.3, -0.25) is 24.3 Å². The molecular formula is C20H20N4O6. The fourth-order valence-electron chi connectivity index (χ4n) is 3.07. The van der Waals surface area contributed by atoms with Gasteiger partial charge >= 0.3 is 5.76 Å². The van der Waals surface area contributed by atoms with E-state index in [9.17, 15) is 24.5 Å². The first-order valence-electron chi connectivity index (χ1n) is 9.05. The van der Waals surface area contributed by atoms with Crippen molar-refractivity contribution in [1.29, 1.82) is 0 Å². The van der Waals surface area contributed by atoms with E-state index in [-0.39, 0.29) is 35.8 Å². The Hall–Kier alpha value is -3.95. The highest BCUT2D eigenvalue weighted by atomic mass is 16.6. The van der Waals surface area contributed by atoms with Crippen molar-refractivity contribution in [2.45, 2.75) is 20.4 Å². The van der Waals surface area contributed by atoms with Gasteiger partial charge in [-0.2, -0.15) is 0 Å². The molecule has 10 heteroatoms. The Morgan fingerprint density at radius 3 is 2.50 bits per heavy atom. The molecular weight excluding hydrogens is 392 g/mol. The van der Waals surface area contributed by atoms with Crippen LogP contribution in [0.3, 0.4) is 0 Å². The summed E-state index contributed by atoms with van der Waals surface area (Å²) in [4.78, 5) is 48.4. The molecule has 0 fully saturated rings. The number of hydrogen-bond donors (Lipinski definition) is 1. The topological polar surface area (TPSA) is 128 Å². The highest BCUT2D eigenvalue weighted by Gasteiger charge is 2.19. The maximum Gasteiger partial charge on any atom is 0.420 e. The van der Waals surface area contributed by atoms with E-state index in [1.165, 1.54) is 24.1 Å². The molecule has 0 bridgehead atoms. The fourth-order valence-corrected chi connectivity index (χ4v) is 3.07. The second-order valence-electron chi connectivity index (χ2n) is 6.93. The molecule has 3 aromatic rings. The second kappa shape index (κ2) is 8.19. The van der Waals surface area contributed by atoms with Gasteiger partial charge in [-0.25, -0.2) is 4.79 Å². The summed E-state index contributed by atoms with van der Waals surface area (Å²) in [6, 6.07) is 9.33. The van der Waals surface area contributed by atoms with E-state index in [1.807, 2.05) is 32.0 Å². The third-order valence-electron chi connectivity index (χ3n) is 4.71. The van der Waals surface area contributed by atoms with Crippen molar-refractivity contribution in [3.8, 4) is 0 Å². The molecule has 0 spiro atoms. The third-order valence-corrected chi connectivity index (χ3v) is 4.71. The molecule has 2 amide bonds. The zero-order chi connectivity index (χ0) is 22.0. The summed E-state index contributed by atoms with van der Waals surface area (Å²) in [5, 5.41) is 13.7. The average molecular weight is 412 g/mol. The molecule has 1 aromatic heterocycles. The number of non-ortho nitro benzene ring substituents is 1. The zero-order valence-corrected chi connectivity index (χ0v) is 16.7. The van der Waals surface area contributed by atoms with Crippen LogP contribution in [0.2, 0.25) is 0 Å². The number of carbonyl (C=O) groups is 2. The number of benzene rings is 2. The van der Waals surface area contributed by atoms with Crippen LogP contribution in [0.5, 0.6) is 0 Å². The number of nitro benzene ring substituents is 1. The van der Waals surface area contributed by atoms with Gasteiger partial charge in [-0.1, -0.05) is 18.2 Å². The first-order valence-corrected chi connectivity index (χ1v) is 9.05. The summed E-state index contributed by atoms with van der Waals surface area (Å²) in [7, 11) is 1.45. The van der Waals surface area contributed by atoms with Crippen LogP contribution >= 0.6 is 0 Å². The molecule has 0 radical (unpaired) electrons. The van der Waals surface area contributed by atoms with Crippen LogP contribution in [0.4, 0.5) is 11.4 Å². The van der Waals surface area contributed by atoms with Crippen molar-refractivity contribution in [1.82, 2.24) is 9.47 Å². The Morgan fingerprint density at radius 1 is 1.20 bits per heavy atom.